The summed E-state index contributed by atoms with van der Waals surface area (Å²) in [6.45, 7) is 0.891. The predicted octanol–water partition coefficient (Wildman–Crippen LogP) is -0.490. The van der Waals surface area contributed by atoms with Gasteiger partial charge in [-0.05, 0) is 13.0 Å². The summed E-state index contributed by atoms with van der Waals surface area (Å²) in [6, 6.07) is 6.14. The molecule has 0 unspecified atom stereocenters. The summed E-state index contributed by atoms with van der Waals surface area (Å²) in [4.78, 5) is 65.3. The first kappa shape index (κ1) is 24.3. The highest BCUT2D eigenvalue weighted by atomic mass is 16.5. The molecule has 2 aliphatic heterocycles. The summed E-state index contributed by atoms with van der Waals surface area (Å²) in [7, 11) is 2.17. The number of fused-ring (bicyclic) bond motifs is 2. The molecule has 2 heterocycles. The Labute approximate surface area is 194 Å². The van der Waals surface area contributed by atoms with Crippen LogP contribution in [0.3, 0.4) is 0 Å². The lowest BCUT2D eigenvalue weighted by Gasteiger charge is -2.36. The third-order valence-corrected chi connectivity index (χ3v) is 5.39. The number of hydrogen-bond donors (Lipinski definition) is 2. The average molecular weight is 473 g/mol. The molecule has 4 N–H and O–H groups in total. The van der Waals surface area contributed by atoms with Gasteiger partial charge in [0.25, 0.3) is 0 Å². The number of nitrogens with zero attached hydrogens (tertiary/aromatic N) is 1. The topological polar surface area (TPSA) is 178 Å². The number of hydrogen-bond acceptors (Lipinski definition) is 10. The molecule has 1 spiro atoms. The molecule has 3 rings (SSSR count). The van der Waals surface area contributed by atoms with Gasteiger partial charge < -0.3 is 35.3 Å². The Morgan fingerprint density at radius 1 is 1.06 bits per heavy atom. The lowest BCUT2D eigenvalue weighted by atomic mass is 9.67. The van der Waals surface area contributed by atoms with Crippen molar-refractivity contribution >= 4 is 35.4 Å². The number of carbonyl (C=O) groups is 5. The van der Waals surface area contributed by atoms with Crippen molar-refractivity contribution in [3.8, 4) is 0 Å². The molecule has 2 aliphatic rings. The zero-order valence-corrected chi connectivity index (χ0v) is 18.7. The molecule has 0 aliphatic carbocycles. The number of amides is 2. The Balaban J connectivity index is 2.47. The van der Waals surface area contributed by atoms with Crippen LogP contribution < -0.4 is 16.4 Å². The second kappa shape index (κ2) is 9.25. The smallest absolute Gasteiger partial charge is 0.341 e. The highest BCUT2D eigenvalue weighted by molar-refractivity contribution is 6.23. The number of primary amides is 1. The Bertz CT molecular complexity index is 1150. The van der Waals surface area contributed by atoms with Crippen LogP contribution in [0.15, 0.2) is 47.1 Å². The first-order chi connectivity index (χ1) is 16.1. The molecular formula is C22H23N3O9. The highest BCUT2D eigenvalue weighted by Crippen LogP contribution is 2.54. The van der Waals surface area contributed by atoms with Gasteiger partial charge in [0.05, 0.1) is 20.8 Å². The predicted molar refractivity (Wildman–Crippen MR) is 114 cm³/mol. The fraction of sp³-hybridized carbons (Fsp3) is 0.318. The fourth-order valence-electron chi connectivity index (χ4n) is 4.16. The van der Waals surface area contributed by atoms with Gasteiger partial charge in [-0.3, -0.25) is 14.4 Å². The van der Waals surface area contributed by atoms with Gasteiger partial charge in [-0.1, -0.05) is 18.2 Å². The van der Waals surface area contributed by atoms with E-state index in [1.807, 2.05) is 0 Å². The second-order valence-corrected chi connectivity index (χ2v) is 7.23. The van der Waals surface area contributed by atoms with Crippen LogP contribution in [0.1, 0.15) is 18.9 Å². The van der Waals surface area contributed by atoms with Crippen molar-refractivity contribution in [3.05, 3.63) is 52.6 Å². The third kappa shape index (κ3) is 3.62. The summed E-state index contributed by atoms with van der Waals surface area (Å²) in [5.74, 6) is -5.58. The monoisotopic (exact) mass is 473 g/mol. The molecule has 12 nitrogen and oxygen atoms in total. The molecular weight excluding hydrogens is 450 g/mol. The maximum Gasteiger partial charge on any atom is 0.341 e. The van der Waals surface area contributed by atoms with Crippen molar-refractivity contribution in [1.82, 2.24) is 0 Å². The van der Waals surface area contributed by atoms with E-state index in [1.54, 1.807) is 12.1 Å². The molecule has 0 radical (unpaired) electrons. The molecule has 0 saturated carbocycles. The molecule has 0 fully saturated rings. The lowest BCUT2D eigenvalue weighted by molar-refractivity contribution is -0.142. The largest absolute Gasteiger partial charge is 0.469 e. The van der Waals surface area contributed by atoms with Gasteiger partial charge in [0.1, 0.15) is 35.3 Å². The standard InChI is InChI=1S/C22H23N3O9/c1-4-33-20(29)17-18(24)34-13(9-15(27)31-2)16(19(28)32-3)22(17)11-7-5-6-8-12(11)25(21(22)30)10-14(23)26/h5-8H,4,9-10,24H2,1-3H3,(H2,23,26)/t22-/m1/s1. The minimum atomic E-state index is -2.24. The number of esters is 3. The molecule has 0 bridgehead atoms. The zero-order valence-electron chi connectivity index (χ0n) is 18.7. The van der Waals surface area contributed by atoms with E-state index in [0.717, 1.165) is 19.1 Å². The van der Waals surface area contributed by atoms with E-state index in [-0.39, 0.29) is 23.6 Å². The fourth-order valence-corrected chi connectivity index (χ4v) is 4.16. The quantitative estimate of drug-likeness (QED) is 0.388. The summed E-state index contributed by atoms with van der Waals surface area (Å²) in [5, 5.41) is 0. The number of anilines is 1. The summed E-state index contributed by atoms with van der Waals surface area (Å²) < 4.78 is 20.2. The van der Waals surface area contributed by atoms with E-state index in [9.17, 15) is 24.0 Å². The van der Waals surface area contributed by atoms with Crippen LogP contribution in [0, 0.1) is 0 Å². The van der Waals surface area contributed by atoms with E-state index in [4.69, 9.17) is 25.7 Å². The van der Waals surface area contributed by atoms with Crippen LogP contribution in [0.4, 0.5) is 5.69 Å². The number of ether oxygens (including phenoxy) is 4. The van der Waals surface area contributed by atoms with Gasteiger partial charge in [0.2, 0.25) is 17.7 Å². The number of carbonyl (C=O) groups excluding carboxylic acids is 5. The molecule has 34 heavy (non-hydrogen) atoms. The highest BCUT2D eigenvalue weighted by Gasteiger charge is 2.64. The second-order valence-electron chi connectivity index (χ2n) is 7.23. The van der Waals surface area contributed by atoms with Crippen LogP contribution in [0.5, 0.6) is 0 Å². The van der Waals surface area contributed by atoms with Crippen molar-refractivity contribution < 1.29 is 42.9 Å². The Hall–Kier alpha value is -4.35. The van der Waals surface area contributed by atoms with Crippen molar-refractivity contribution in [2.45, 2.75) is 18.8 Å². The normalized spacial score (nSPS) is 19.0. The maximum atomic E-state index is 14.1. The maximum absolute atomic E-state index is 14.1. The number of nitrogens with two attached hydrogens (primary N) is 2. The van der Waals surface area contributed by atoms with E-state index in [2.05, 4.69) is 4.74 Å². The number of rotatable bonds is 7. The first-order valence-corrected chi connectivity index (χ1v) is 10.1. The van der Waals surface area contributed by atoms with Gasteiger partial charge in [-0.2, -0.15) is 0 Å². The molecule has 180 valence electrons. The van der Waals surface area contributed by atoms with Gasteiger partial charge >= 0.3 is 17.9 Å². The molecule has 2 amide bonds. The van der Waals surface area contributed by atoms with Crippen molar-refractivity contribution in [2.24, 2.45) is 11.5 Å². The van der Waals surface area contributed by atoms with Crippen LogP contribution >= 0.6 is 0 Å². The summed E-state index contributed by atoms with van der Waals surface area (Å²) in [6.07, 6.45) is -0.606. The van der Waals surface area contributed by atoms with Crippen LogP contribution in [-0.2, 0) is 48.3 Å². The van der Waals surface area contributed by atoms with Gasteiger partial charge in [-0.25, -0.2) is 9.59 Å². The van der Waals surface area contributed by atoms with Crippen molar-refractivity contribution in [2.75, 3.05) is 32.3 Å². The first-order valence-electron chi connectivity index (χ1n) is 10.1. The van der Waals surface area contributed by atoms with E-state index in [1.165, 1.54) is 19.1 Å². The van der Waals surface area contributed by atoms with Crippen LogP contribution in [-0.4, -0.2) is 57.1 Å². The lowest BCUT2D eigenvalue weighted by Crippen LogP contribution is -2.52. The molecule has 1 aromatic rings. The third-order valence-electron chi connectivity index (χ3n) is 5.39. The van der Waals surface area contributed by atoms with Crippen LogP contribution in [0.2, 0.25) is 0 Å². The minimum absolute atomic E-state index is 0.0845. The summed E-state index contributed by atoms with van der Waals surface area (Å²) in [5.41, 5.74) is 8.58. The van der Waals surface area contributed by atoms with E-state index >= 15 is 0 Å². The Kier molecular flexibility index (Phi) is 6.61. The molecule has 12 heteroatoms. The molecule has 0 saturated heterocycles. The average Bonchev–Trinajstić information content (AvgIpc) is 3.02. The minimum Gasteiger partial charge on any atom is -0.469 e. The van der Waals surface area contributed by atoms with Crippen molar-refractivity contribution in [3.63, 3.8) is 0 Å². The van der Waals surface area contributed by atoms with E-state index < -0.39 is 65.1 Å². The summed E-state index contributed by atoms with van der Waals surface area (Å²) >= 11 is 0. The Morgan fingerprint density at radius 3 is 2.32 bits per heavy atom. The molecule has 1 aromatic carbocycles. The van der Waals surface area contributed by atoms with Crippen molar-refractivity contribution in [1.29, 1.82) is 0 Å². The number of benzene rings is 1. The zero-order chi connectivity index (χ0) is 25.2. The van der Waals surface area contributed by atoms with Gasteiger partial charge in [0.15, 0.2) is 0 Å². The van der Waals surface area contributed by atoms with E-state index in [0.29, 0.717) is 0 Å². The van der Waals surface area contributed by atoms with Gasteiger partial charge in [0, 0.05) is 11.3 Å². The molecule has 0 aromatic heterocycles. The number of para-hydroxylation sites is 1. The molecule has 1 atom stereocenters. The van der Waals surface area contributed by atoms with Crippen LogP contribution in [0.25, 0.3) is 0 Å². The Morgan fingerprint density at radius 2 is 1.74 bits per heavy atom. The SMILES string of the molecule is CCOC(=O)C1=C(N)OC(CC(=O)OC)=C(C(=O)OC)[C@@]12C(=O)N(CC(N)=O)c1ccccc12. The van der Waals surface area contributed by atoms with Gasteiger partial charge in [-0.15, -0.1) is 0 Å². The number of methoxy groups -OCH3 is 2.